The zero-order valence-electron chi connectivity index (χ0n) is 30.1. The Morgan fingerprint density at radius 2 is 1.40 bits per heavy atom. The number of hydrogen-bond acceptors (Lipinski definition) is 2. The van der Waals surface area contributed by atoms with Crippen molar-refractivity contribution >= 4 is 33.0 Å². The van der Waals surface area contributed by atoms with Crippen LogP contribution in [-0.2, 0) is 0 Å². The van der Waals surface area contributed by atoms with Crippen molar-refractivity contribution in [3.63, 3.8) is 0 Å². The molecule has 3 heteroatoms. The number of fused-ring (bicyclic) bond motifs is 4. The molecule has 0 aliphatic heterocycles. The topological polar surface area (TPSA) is 31.0 Å². The van der Waals surface area contributed by atoms with E-state index in [0.29, 0.717) is 10.8 Å². The predicted molar refractivity (Wildman–Crippen MR) is 198 cm³/mol. The summed E-state index contributed by atoms with van der Waals surface area (Å²) in [5.41, 5.74) is 10.8. The molecule has 0 radical (unpaired) electrons. The average molecular weight is 624 g/mol. The third-order valence-corrected chi connectivity index (χ3v) is 11.8. The van der Waals surface area contributed by atoms with Gasteiger partial charge in [-0.3, -0.25) is 4.57 Å². The van der Waals surface area contributed by atoms with Gasteiger partial charge in [0.15, 0.2) is 0 Å². The first-order valence-electron chi connectivity index (χ1n) is 18.5. The molecule has 2 aliphatic carbocycles. The summed E-state index contributed by atoms with van der Waals surface area (Å²) in [5.74, 6) is 0.891. The van der Waals surface area contributed by atoms with E-state index in [1.165, 1.54) is 60.9 Å². The number of benzene rings is 4. The summed E-state index contributed by atoms with van der Waals surface area (Å²) in [4.78, 5) is 5.33. The van der Waals surface area contributed by atoms with Gasteiger partial charge >= 0.3 is 0 Å². The zero-order chi connectivity index (χ0) is 33.4. The summed E-state index contributed by atoms with van der Waals surface area (Å²) in [6, 6.07) is 28.1. The van der Waals surface area contributed by atoms with Gasteiger partial charge in [0.05, 0.1) is 22.3 Å². The Morgan fingerprint density at radius 1 is 0.766 bits per heavy atom. The van der Waals surface area contributed by atoms with E-state index in [9.17, 15) is 1.37 Å². The van der Waals surface area contributed by atoms with Crippen LogP contribution in [0.4, 0.5) is 0 Å². The molecule has 4 aromatic carbocycles. The van der Waals surface area contributed by atoms with Crippen molar-refractivity contribution in [2.45, 2.75) is 111 Å². The van der Waals surface area contributed by atoms with Gasteiger partial charge in [0.2, 0.25) is 0 Å². The maximum atomic E-state index is 9.98. The van der Waals surface area contributed by atoms with E-state index in [2.05, 4.69) is 113 Å². The fraction of sp³-hybridized carbons (Fsp3) is 0.432. The van der Waals surface area contributed by atoms with Gasteiger partial charge in [0.25, 0.3) is 0 Å². The fourth-order valence-corrected chi connectivity index (χ4v) is 8.71. The molecule has 2 fully saturated rings. The van der Waals surface area contributed by atoms with Crippen molar-refractivity contribution in [2.75, 3.05) is 0 Å². The second kappa shape index (κ2) is 11.4. The molecule has 0 bridgehead atoms. The minimum absolute atomic E-state index is 0.271. The van der Waals surface area contributed by atoms with E-state index in [-0.39, 0.29) is 11.8 Å². The van der Waals surface area contributed by atoms with Crippen molar-refractivity contribution < 1.29 is 5.79 Å². The minimum Gasteiger partial charge on any atom is -0.455 e. The van der Waals surface area contributed by atoms with Crippen LogP contribution in [0, 0.1) is 10.8 Å². The Labute approximate surface area is 281 Å². The molecular weight excluding hydrogens is 572 g/mol. The summed E-state index contributed by atoms with van der Waals surface area (Å²) in [7, 11) is 0. The molecule has 2 saturated carbocycles. The molecule has 8 rings (SSSR count). The maximum Gasteiger partial charge on any atom is 0.149 e. The van der Waals surface area contributed by atoms with Gasteiger partial charge in [-0.15, -0.1) is 0 Å². The molecule has 0 amide bonds. The standard InChI is InChI=1S/C44H50N2O/c1-28(2)35-26-31(30-18-20-44(21-19-30)24-22-43(5,6)23-25-44)27-36(29(3)4)40(35)46-38-16-9-8-15-37(38)45-42(46)34-14-11-13-33-32-12-7-10-17-39(32)47-41(33)34/h7-17,26-30H,18-25H2,1-6H3/i30D. The highest BCUT2D eigenvalue weighted by atomic mass is 16.3. The number of hydrogen-bond donors (Lipinski definition) is 0. The third kappa shape index (κ3) is 5.21. The summed E-state index contributed by atoms with van der Waals surface area (Å²) in [6.07, 6.45) is 9.58. The molecule has 0 atom stereocenters. The molecule has 6 aromatic rings. The fourth-order valence-electron chi connectivity index (χ4n) is 8.71. The molecule has 3 nitrogen and oxygen atoms in total. The average Bonchev–Trinajstić information content (AvgIpc) is 3.65. The Hall–Kier alpha value is -3.85. The van der Waals surface area contributed by atoms with Gasteiger partial charge in [-0.25, -0.2) is 4.98 Å². The lowest BCUT2D eigenvalue weighted by Crippen LogP contribution is -2.34. The third-order valence-electron chi connectivity index (χ3n) is 11.8. The second-order valence-electron chi connectivity index (χ2n) is 16.1. The van der Waals surface area contributed by atoms with E-state index >= 15 is 0 Å². The van der Waals surface area contributed by atoms with Crippen molar-refractivity contribution in [1.82, 2.24) is 9.55 Å². The van der Waals surface area contributed by atoms with Crippen LogP contribution in [0.15, 0.2) is 83.3 Å². The Balaban J connectivity index is 1.30. The Morgan fingerprint density at radius 3 is 2.11 bits per heavy atom. The Bertz CT molecular complexity index is 2110. The van der Waals surface area contributed by atoms with Crippen LogP contribution < -0.4 is 0 Å². The van der Waals surface area contributed by atoms with Gasteiger partial charge in [-0.2, -0.15) is 0 Å². The molecule has 0 N–H and O–H groups in total. The van der Waals surface area contributed by atoms with E-state index in [1.807, 2.05) is 12.1 Å². The Kier molecular flexibility index (Phi) is 7.10. The van der Waals surface area contributed by atoms with E-state index in [1.54, 1.807) is 0 Å². The van der Waals surface area contributed by atoms with Gasteiger partial charge in [0, 0.05) is 12.1 Å². The van der Waals surface area contributed by atoms with Crippen LogP contribution in [0.3, 0.4) is 0 Å². The first-order chi connectivity index (χ1) is 23.0. The molecule has 1 spiro atoms. The molecule has 0 saturated heterocycles. The minimum atomic E-state index is -0.552. The number of aromatic nitrogens is 2. The number of para-hydroxylation sites is 4. The van der Waals surface area contributed by atoms with E-state index in [4.69, 9.17) is 9.40 Å². The largest absolute Gasteiger partial charge is 0.455 e. The molecule has 2 heterocycles. The second-order valence-corrected chi connectivity index (χ2v) is 16.1. The molecule has 2 aliphatic rings. The van der Waals surface area contributed by atoms with Gasteiger partial charge in [0.1, 0.15) is 17.0 Å². The van der Waals surface area contributed by atoms with Crippen LogP contribution in [0.5, 0.6) is 0 Å². The SMILES string of the molecule is [2H]C1(c2cc(C(C)C)c(-n3c(-c4cccc5c4oc4ccccc45)nc4ccccc43)c(C(C)C)c2)CCC2(CCC(C)(C)CC2)CC1. The molecule has 47 heavy (non-hydrogen) atoms. The monoisotopic (exact) mass is 623 g/mol. The first kappa shape index (κ1) is 29.3. The van der Waals surface area contributed by atoms with Gasteiger partial charge < -0.3 is 4.42 Å². The number of rotatable bonds is 5. The maximum absolute atomic E-state index is 9.98. The van der Waals surface area contributed by atoms with Crippen molar-refractivity contribution in [1.29, 1.82) is 0 Å². The summed E-state index contributed by atoms with van der Waals surface area (Å²) < 4.78 is 19.0. The highest BCUT2D eigenvalue weighted by molar-refractivity contribution is 6.09. The lowest BCUT2D eigenvalue weighted by Gasteiger charge is -2.47. The smallest absolute Gasteiger partial charge is 0.149 e. The van der Waals surface area contributed by atoms with Crippen LogP contribution in [0.25, 0.3) is 50.0 Å². The molecule has 2 aromatic heterocycles. The molecular formula is C44H50N2O. The van der Waals surface area contributed by atoms with Crippen LogP contribution in [-0.4, -0.2) is 9.55 Å². The molecule has 242 valence electrons. The lowest BCUT2D eigenvalue weighted by molar-refractivity contribution is 0.0584. The van der Waals surface area contributed by atoms with E-state index < -0.39 is 5.89 Å². The molecule has 0 unspecified atom stereocenters. The lowest BCUT2D eigenvalue weighted by atomic mass is 9.58. The first-order valence-corrected chi connectivity index (χ1v) is 18.0. The van der Waals surface area contributed by atoms with Gasteiger partial charge in [-0.05, 0) is 121 Å². The summed E-state index contributed by atoms with van der Waals surface area (Å²) in [5, 5.41) is 2.23. The highest BCUT2D eigenvalue weighted by Gasteiger charge is 2.41. The van der Waals surface area contributed by atoms with Crippen LogP contribution >= 0.6 is 0 Å². The number of furan rings is 1. The number of imidazole rings is 1. The predicted octanol–water partition coefficient (Wildman–Crippen LogP) is 13.1. The van der Waals surface area contributed by atoms with E-state index in [0.717, 1.165) is 57.2 Å². The summed E-state index contributed by atoms with van der Waals surface area (Å²) in [6.45, 7) is 14.1. The number of nitrogens with zero attached hydrogens (tertiary/aromatic N) is 2. The van der Waals surface area contributed by atoms with Crippen LogP contribution in [0.1, 0.15) is 129 Å². The quantitative estimate of drug-likeness (QED) is 0.191. The van der Waals surface area contributed by atoms with Crippen molar-refractivity contribution in [3.05, 3.63) is 95.6 Å². The van der Waals surface area contributed by atoms with Crippen LogP contribution in [0.2, 0.25) is 0 Å². The zero-order valence-corrected chi connectivity index (χ0v) is 29.1. The highest BCUT2D eigenvalue weighted by Crippen LogP contribution is 2.55. The van der Waals surface area contributed by atoms with Crippen molar-refractivity contribution in [3.8, 4) is 17.1 Å². The van der Waals surface area contributed by atoms with Crippen molar-refractivity contribution in [2.24, 2.45) is 10.8 Å². The summed E-state index contributed by atoms with van der Waals surface area (Å²) >= 11 is 0. The normalized spacial score (nSPS) is 19.4. The van der Waals surface area contributed by atoms with Gasteiger partial charge in [-0.1, -0.05) is 96.1 Å².